The molecule has 0 aromatic heterocycles. The number of aliphatic imine (C=N–C) groups is 1. The molecule has 0 aliphatic rings. The van der Waals surface area contributed by atoms with Crippen molar-refractivity contribution < 1.29 is 22.7 Å². The van der Waals surface area contributed by atoms with Crippen molar-refractivity contribution >= 4 is 11.9 Å². The zero-order chi connectivity index (χ0) is 22.0. The molecule has 0 saturated carbocycles. The van der Waals surface area contributed by atoms with Crippen molar-refractivity contribution in [2.45, 2.75) is 26.2 Å². The monoisotopic (exact) mass is 422 g/mol. The van der Waals surface area contributed by atoms with Crippen LogP contribution in [0, 0.1) is 0 Å². The van der Waals surface area contributed by atoms with E-state index in [1.807, 2.05) is 25.1 Å². The number of ether oxygens (including phenoxy) is 1. The van der Waals surface area contributed by atoms with E-state index in [0.717, 1.165) is 11.1 Å². The SMILES string of the molecule is CCNC(=O)c1cccc(CNC(=NC)NCc2ccc(OCC(F)(F)F)cc2)c1. The van der Waals surface area contributed by atoms with Gasteiger partial charge in [0, 0.05) is 32.2 Å². The minimum Gasteiger partial charge on any atom is -0.484 e. The molecule has 0 atom stereocenters. The quantitative estimate of drug-likeness (QED) is 0.451. The highest BCUT2D eigenvalue weighted by Crippen LogP contribution is 2.18. The molecule has 0 spiro atoms. The molecule has 1 amide bonds. The van der Waals surface area contributed by atoms with Crippen LogP contribution in [0.1, 0.15) is 28.4 Å². The van der Waals surface area contributed by atoms with Crippen molar-refractivity contribution in [3.63, 3.8) is 0 Å². The summed E-state index contributed by atoms with van der Waals surface area (Å²) in [7, 11) is 1.63. The maximum atomic E-state index is 12.2. The molecule has 0 saturated heterocycles. The average Bonchev–Trinajstić information content (AvgIpc) is 2.73. The molecule has 162 valence electrons. The first kappa shape index (κ1) is 23.1. The summed E-state index contributed by atoms with van der Waals surface area (Å²) in [6.07, 6.45) is -4.36. The molecule has 3 N–H and O–H groups in total. The van der Waals surface area contributed by atoms with Crippen LogP contribution >= 0.6 is 0 Å². The van der Waals surface area contributed by atoms with E-state index in [0.29, 0.717) is 31.2 Å². The van der Waals surface area contributed by atoms with E-state index in [9.17, 15) is 18.0 Å². The largest absolute Gasteiger partial charge is 0.484 e. The van der Waals surface area contributed by atoms with Gasteiger partial charge in [-0.2, -0.15) is 13.2 Å². The second-order valence-electron chi connectivity index (χ2n) is 6.39. The second-order valence-corrected chi connectivity index (χ2v) is 6.39. The lowest BCUT2D eigenvalue weighted by atomic mass is 10.1. The van der Waals surface area contributed by atoms with E-state index in [4.69, 9.17) is 4.74 Å². The van der Waals surface area contributed by atoms with Crippen LogP contribution in [0.4, 0.5) is 13.2 Å². The molecular weight excluding hydrogens is 397 g/mol. The van der Waals surface area contributed by atoms with E-state index in [2.05, 4.69) is 20.9 Å². The molecule has 0 fully saturated rings. The third-order valence-corrected chi connectivity index (χ3v) is 4.00. The highest BCUT2D eigenvalue weighted by Gasteiger charge is 2.28. The highest BCUT2D eigenvalue weighted by molar-refractivity contribution is 5.94. The van der Waals surface area contributed by atoms with Crippen LogP contribution < -0.4 is 20.7 Å². The maximum absolute atomic E-state index is 12.2. The Morgan fingerprint density at radius 1 is 1.00 bits per heavy atom. The summed E-state index contributed by atoms with van der Waals surface area (Å²) in [6, 6.07) is 13.6. The molecule has 0 unspecified atom stereocenters. The summed E-state index contributed by atoms with van der Waals surface area (Å²) in [6.45, 7) is 2.01. The zero-order valence-electron chi connectivity index (χ0n) is 16.8. The first-order valence-corrected chi connectivity index (χ1v) is 9.41. The Labute approximate surface area is 173 Å². The van der Waals surface area contributed by atoms with E-state index < -0.39 is 12.8 Å². The third-order valence-electron chi connectivity index (χ3n) is 4.00. The van der Waals surface area contributed by atoms with E-state index in [1.54, 1.807) is 25.2 Å². The van der Waals surface area contributed by atoms with Crippen molar-refractivity contribution in [3.05, 3.63) is 65.2 Å². The third kappa shape index (κ3) is 8.02. The number of guanidine groups is 1. The van der Waals surface area contributed by atoms with Crippen molar-refractivity contribution in [1.82, 2.24) is 16.0 Å². The van der Waals surface area contributed by atoms with Crippen LogP contribution in [0.5, 0.6) is 5.75 Å². The molecule has 0 aliphatic carbocycles. The van der Waals surface area contributed by atoms with Crippen LogP contribution in [0.15, 0.2) is 53.5 Å². The van der Waals surface area contributed by atoms with Crippen LogP contribution in [0.2, 0.25) is 0 Å². The van der Waals surface area contributed by atoms with Gasteiger partial charge in [-0.3, -0.25) is 9.79 Å². The summed E-state index contributed by atoms with van der Waals surface area (Å²) in [5, 5.41) is 9.05. The summed E-state index contributed by atoms with van der Waals surface area (Å²) >= 11 is 0. The second kappa shape index (κ2) is 11.1. The Kier molecular flexibility index (Phi) is 8.52. The molecule has 30 heavy (non-hydrogen) atoms. The molecular formula is C21H25F3N4O2. The Morgan fingerprint density at radius 3 is 2.27 bits per heavy atom. The average molecular weight is 422 g/mol. The van der Waals surface area contributed by atoms with Crippen LogP contribution in [-0.4, -0.2) is 38.2 Å². The number of benzene rings is 2. The molecule has 0 aliphatic heterocycles. The number of carbonyl (C=O) groups excluding carboxylic acids is 1. The topological polar surface area (TPSA) is 74.8 Å². The smallest absolute Gasteiger partial charge is 0.422 e. The maximum Gasteiger partial charge on any atom is 0.422 e. The highest BCUT2D eigenvalue weighted by atomic mass is 19.4. The van der Waals surface area contributed by atoms with Gasteiger partial charge in [0.2, 0.25) is 0 Å². The van der Waals surface area contributed by atoms with E-state index >= 15 is 0 Å². The predicted molar refractivity (Wildman–Crippen MR) is 109 cm³/mol. The van der Waals surface area contributed by atoms with Crippen molar-refractivity contribution in [2.75, 3.05) is 20.2 Å². The van der Waals surface area contributed by atoms with Gasteiger partial charge in [-0.25, -0.2) is 0 Å². The normalized spacial score (nSPS) is 11.7. The Morgan fingerprint density at radius 2 is 1.67 bits per heavy atom. The van der Waals surface area contributed by atoms with Gasteiger partial charge in [-0.1, -0.05) is 24.3 Å². The molecule has 2 rings (SSSR count). The van der Waals surface area contributed by atoms with Crippen molar-refractivity contribution in [1.29, 1.82) is 0 Å². The predicted octanol–water partition coefficient (Wildman–Crippen LogP) is 3.24. The van der Waals surface area contributed by atoms with Crippen molar-refractivity contribution in [2.24, 2.45) is 4.99 Å². The summed E-state index contributed by atoms with van der Waals surface area (Å²) in [5.41, 5.74) is 2.37. The fraction of sp³-hybridized carbons (Fsp3) is 0.333. The van der Waals surface area contributed by atoms with Crippen molar-refractivity contribution in [3.8, 4) is 5.75 Å². The summed E-state index contributed by atoms with van der Waals surface area (Å²) in [4.78, 5) is 16.1. The number of halogens is 3. The number of amides is 1. The van der Waals surface area contributed by atoms with E-state index in [1.165, 1.54) is 12.1 Å². The molecule has 6 nitrogen and oxygen atoms in total. The Hall–Kier alpha value is -3.23. The molecule has 9 heteroatoms. The number of rotatable bonds is 8. The number of nitrogens with one attached hydrogen (secondary N) is 3. The minimum atomic E-state index is -4.36. The Balaban J connectivity index is 1.84. The minimum absolute atomic E-state index is 0.121. The standard InChI is InChI=1S/C21H25F3N4O2/c1-3-26-19(29)17-6-4-5-16(11-17)13-28-20(25-2)27-12-15-7-9-18(10-8-15)30-14-21(22,23)24/h4-11H,3,12-14H2,1-2H3,(H,26,29)(H2,25,27,28). The van der Waals surface area contributed by atoms with Gasteiger partial charge < -0.3 is 20.7 Å². The van der Waals surface area contributed by atoms with E-state index in [-0.39, 0.29) is 11.7 Å². The fourth-order valence-corrected chi connectivity index (χ4v) is 2.55. The number of alkyl halides is 3. The summed E-state index contributed by atoms with van der Waals surface area (Å²) in [5.74, 6) is 0.589. The molecule has 2 aromatic rings. The lowest BCUT2D eigenvalue weighted by Gasteiger charge is -2.13. The van der Waals surface area contributed by atoms with Gasteiger partial charge in [-0.05, 0) is 42.3 Å². The van der Waals surface area contributed by atoms with Crippen LogP contribution in [0.3, 0.4) is 0 Å². The molecule has 0 bridgehead atoms. The lowest BCUT2D eigenvalue weighted by Crippen LogP contribution is -2.36. The van der Waals surface area contributed by atoms with Gasteiger partial charge >= 0.3 is 6.18 Å². The van der Waals surface area contributed by atoms with Gasteiger partial charge in [0.1, 0.15) is 5.75 Å². The number of hydrogen-bond donors (Lipinski definition) is 3. The molecule has 0 heterocycles. The molecule has 2 aromatic carbocycles. The number of hydrogen-bond acceptors (Lipinski definition) is 3. The first-order chi connectivity index (χ1) is 14.3. The fourth-order valence-electron chi connectivity index (χ4n) is 2.55. The van der Waals surface area contributed by atoms with Gasteiger partial charge in [-0.15, -0.1) is 0 Å². The van der Waals surface area contributed by atoms with Gasteiger partial charge in [0.25, 0.3) is 5.91 Å². The molecule has 0 radical (unpaired) electrons. The van der Waals surface area contributed by atoms with Gasteiger partial charge in [0.15, 0.2) is 12.6 Å². The Bertz CT molecular complexity index is 852. The number of nitrogens with zero attached hydrogens (tertiary/aromatic N) is 1. The van der Waals surface area contributed by atoms with Crippen LogP contribution in [-0.2, 0) is 13.1 Å². The summed E-state index contributed by atoms with van der Waals surface area (Å²) < 4.78 is 41.2. The van der Waals surface area contributed by atoms with Gasteiger partial charge in [0.05, 0.1) is 0 Å². The lowest BCUT2D eigenvalue weighted by molar-refractivity contribution is -0.153. The number of carbonyl (C=O) groups is 1. The van der Waals surface area contributed by atoms with Crippen LogP contribution in [0.25, 0.3) is 0 Å². The first-order valence-electron chi connectivity index (χ1n) is 9.41. The zero-order valence-corrected chi connectivity index (χ0v) is 16.8.